The minimum absolute atomic E-state index is 0.636. The second kappa shape index (κ2) is 5.69. The number of hydrogen-bond donors (Lipinski definition) is 0. The van der Waals surface area contributed by atoms with Gasteiger partial charge in [0.2, 0.25) is 0 Å². The summed E-state index contributed by atoms with van der Waals surface area (Å²) in [4.78, 5) is 5.39. The molecule has 2 fully saturated rings. The maximum absolute atomic E-state index is 3.64. The van der Waals surface area contributed by atoms with E-state index >= 15 is 0 Å². The van der Waals surface area contributed by atoms with E-state index in [1.807, 2.05) is 0 Å². The summed E-state index contributed by atoms with van der Waals surface area (Å²) in [6.45, 7) is 10.7. The van der Waals surface area contributed by atoms with Gasteiger partial charge in [0.25, 0.3) is 0 Å². The van der Waals surface area contributed by atoms with Crippen LogP contribution in [0, 0.1) is 12.8 Å². The van der Waals surface area contributed by atoms with E-state index in [4.69, 9.17) is 0 Å². The molecule has 2 unspecified atom stereocenters. The molecule has 0 amide bonds. The molecule has 2 heterocycles. The lowest BCUT2D eigenvalue weighted by Crippen LogP contribution is -2.58. The van der Waals surface area contributed by atoms with Crippen molar-refractivity contribution < 1.29 is 0 Å². The Morgan fingerprint density at radius 3 is 2.80 bits per heavy atom. The standard InChI is InChI=1S/C17H25BrN2/c1-12(2)17-11-19-8-4-5-15(19)10-20(17)16-9-14(18)7-6-13(16)3/h6-7,9,12,15,17H,4-5,8,10-11H2,1-3H3. The van der Waals surface area contributed by atoms with Gasteiger partial charge in [0.1, 0.15) is 0 Å². The molecule has 0 radical (unpaired) electrons. The van der Waals surface area contributed by atoms with Gasteiger partial charge < -0.3 is 4.90 Å². The van der Waals surface area contributed by atoms with Crippen molar-refractivity contribution in [2.24, 2.45) is 5.92 Å². The lowest BCUT2D eigenvalue weighted by Gasteiger charge is -2.47. The van der Waals surface area contributed by atoms with Crippen molar-refractivity contribution in [2.45, 2.75) is 45.7 Å². The van der Waals surface area contributed by atoms with Crippen LogP contribution in [-0.4, -0.2) is 36.6 Å². The molecule has 2 nitrogen and oxygen atoms in total. The molecule has 0 aromatic heterocycles. The lowest BCUT2D eigenvalue weighted by molar-refractivity contribution is 0.176. The largest absolute Gasteiger partial charge is 0.365 e. The van der Waals surface area contributed by atoms with Gasteiger partial charge in [-0.2, -0.15) is 0 Å². The molecule has 3 rings (SSSR count). The van der Waals surface area contributed by atoms with Crippen LogP contribution in [0.15, 0.2) is 22.7 Å². The summed E-state index contributed by atoms with van der Waals surface area (Å²) in [5.74, 6) is 0.690. The maximum atomic E-state index is 3.64. The Labute approximate surface area is 131 Å². The number of piperazine rings is 1. The van der Waals surface area contributed by atoms with Crippen LogP contribution in [0.25, 0.3) is 0 Å². The molecule has 2 atom stereocenters. The molecule has 0 bridgehead atoms. The van der Waals surface area contributed by atoms with E-state index in [9.17, 15) is 0 Å². The molecule has 20 heavy (non-hydrogen) atoms. The van der Waals surface area contributed by atoms with E-state index in [-0.39, 0.29) is 0 Å². The quantitative estimate of drug-likeness (QED) is 0.803. The number of anilines is 1. The molecule has 2 saturated heterocycles. The van der Waals surface area contributed by atoms with Crippen LogP contribution < -0.4 is 4.90 Å². The third-order valence-corrected chi connectivity index (χ3v) is 5.47. The number of benzene rings is 1. The molecule has 2 aliphatic rings. The van der Waals surface area contributed by atoms with Gasteiger partial charge in [-0.05, 0) is 49.9 Å². The Morgan fingerprint density at radius 2 is 2.05 bits per heavy atom. The summed E-state index contributed by atoms with van der Waals surface area (Å²) in [7, 11) is 0. The first kappa shape index (κ1) is 14.4. The topological polar surface area (TPSA) is 6.48 Å². The van der Waals surface area contributed by atoms with Crippen LogP contribution in [-0.2, 0) is 0 Å². The van der Waals surface area contributed by atoms with Gasteiger partial charge in [-0.1, -0.05) is 35.8 Å². The Morgan fingerprint density at radius 1 is 1.25 bits per heavy atom. The molecular weight excluding hydrogens is 312 g/mol. The second-order valence-electron chi connectivity index (χ2n) is 6.69. The number of aryl methyl sites for hydroxylation is 1. The first-order valence-corrected chi connectivity index (χ1v) is 8.62. The zero-order valence-electron chi connectivity index (χ0n) is 12.8. The van der Waals surface area contributed by atoms with Gasteiger partial charge in [-0.3, -0.25) is 4.90 Å². The average Bonchev–Trinajstić information content (AvgIpc) is 2.87. The van der Waals surface area contributed by atoms with Gasteiger partial charge in [-0.15, -0.1) is 0 Å². The lowest BCUT2D eigenvalue weighted by atomic mass is 9.96. The SMILES string of the molecule is Cc1ccc(Br)cc1N1CC2CCCN2CC1C(C)C. The molecule has 0 saturated carbocycles. The molecule has 2 aliphatic heterocycles. The summed E-state index contributed by atoms with van der Waals surface area (Å²) in [6.07, 6.45) is 2.75. The van der Waals surface area contributed by atoms with Crippen molar-refractivity contribution >= 4 is 21.6 Å². The van der Waals surface area contributed by atoms with Crippen LogP contribution in [0.5, 0.6) is 0 Å². The van der Waals surface area contributed by atoms with Gasteiger partial charge >= 0.3 is 0 Å². The van der Waals surface area contributed by atoms with Crippen LogP contribution in [0.3, 0.4) is 0 Å². The Kier molecular flexibility index (Phi) is 4.09. The van der Waals surface area contributed by atoms with E-state index in [0.717, 1.165) is 6.04 Å². The molecule has 0 spiro atoms. The van der Waals surface area contributed by atoms with Gasteiger partial charge in [-0.25, -0.2) is 0 Å². The van der Waals surface area contributed by atoms with E-state index in [1.165, 1.54) is 48.2 Å². The van der Waals surface area contributed by atoms with Crippen LogP contribution >= 0.6 is 15.9 Å². The summed E-state index contributed by atoms with van der Waals surface area (Å²) < 4.78 is 1.19. The third kappa shape index (κ3) is 2.62. The molecule has 1 aromatic rings. The summed E-state index contributed by atoms with van der Waals surface area (Å²) in [5, 5.41) is 0. The van der Waals surface area contributed by atoms with E-state index < -0.39 is 0 Å². The molecule has 1 aromatic carbocycles. The molecule has 0 aliphatic carbocycles. The summed E-state index contributed by atoms with van der Waals surface area (Å²) >= 11 is 3.64. The maximum Gasteiger partial charge on any atom is 0.0440 e. The summed E-state index contributed by atoms with van der Waals surface area (Å²) in [5.41, 5.74) is 2.81. The highest BCUT2D eigenvalue weighted by atomic mass is 79.9. The fraction of sp³-hybridized carbons (Fsp3) is 0.647. The Bertz CT molecular complexity index is 486. The second-order valence-corrected chi connectivity index (χ2v) is 7.60. The molecule has 110 valence electrons. The van der Waals surface area contributed by atoms with E-state index in [2.05, 4.69) is 64.7 Å². The highest BCUT2D eigenvalue weighted by molar-refractivity contribution is 9.10. The van der Waals surface area contributed by atoms with Crippen LogP contribution in [0.4, 0.5) is 5.69 Å². The number of rotatable bonds is 2. The van der Waals surface area contributed by atoms with Gasteiger partial charge in [0.05, 0.1) is 0 Å². The fourth-order valence-corrected chi connectivity index (χ4v) is 4.13. The zero-order valence-corrected chi connectivity index (χ0v) is 14.4. The molecule has 3 heteroatoms. The minimum Gasteiger partial charge on any atom is -0.365 e. The minimum atomic E-state index is 0.636. The normalized spacial score (nSPS) is 27.1. The zero-order chi connectivity index (χ0) is 14.3. The van der Waals surface area contributed by atoms with Crippen LogP contribution in [0.2, 0.25) is 0 Å². The Balaban J connectivity index is 1.93. The fourth-order valence-electron chi connectivity index (χ4n) is 3.78. The van der Waals surface area contributed by atoms with Crippen LogP contribution in [0.1, 0.15) is 32.3 Å². The van der Waals surface area contributed by atoms with Gasteiger partial charge in [0, 0.05) is 35.3 Å². The highest BCUT2D eigenvalue weighted by Gasteiger charge is 2.37. The Hall–Kier alpha value is -0.540. The van der Waals surface area contributed by atoms with Crippen molar-refractivity contribution in [2.75, 3.05) is 24.5 Å². The predicted molar refractivity (Wildman–Crippen MR) is 89.4 cm³/mol. The monoisotopic (exact) mass is 336 g/mol. The average molecular weight is 337 g/mol. The van der Waals surface area contributed by atoms with Gasteiger partial charge in [0.15, 0.2) is 0 Å². The van der Waals surface area contributed by atoms with Crippen molar-refractivity contribution in [1.29, 1.82) is 0 Å². The number of halogens is 1. The van der Waals surface area contributed by atoms with E-state index in [0.29, 0.717) is 12.0 Å². The van der Waals surface area contributed by atoms with Crippen molar-refractivity contribution in [3.05, 3.63) is 28.2 Å². The third-order valence-electron chi connectivity index (χ3n) is 4.98. The molecular formula is C17H25BrN2. The van der Waals surface area contributed by atoms with Crippen molar-refractivity contribution in [3.8, 4) is 0 Å². The van der Waals surface area contributed by atoms with Crippen molar-refractivity contribution in [1.82, 2.24) is 4.90 Å². The predicted octanol–water partition coefficient (Wildman–Crippen LogP) is 4.07. The first-order valence-electron chi connectivity index (χ1n) is 7.83. The number of fused-ring (bicyclic) bond motifs is 1. The summed E-state index contributed by atoms with van der Waals surface area (Å²) in [6, 6.07) is 8.09. The first-order chi connectivity index (χ1) is 9.56. The smallest absolute Gasteiger partial charge is 0.0440 e. The molecule has 0 N–H and O–H groups in total. The number of nitrogens with zero attached hydrogens (tertiary/aromatic N) is 2. The van der Waals surface area contributed by atoms with Crippen molar-refractivity contribution in [3.63, 3.8) is 0 Å². The van der Waals surface area contributed by atoms with E-state index in [1.54, 1.807) is 0 Å². The number of hydrogen-bond acceptors (Lipinski definition) is 2. The highest BCUT2D eigenvalue weighted by Crippen LogP contribution is 2.34.